The van der Waals surface area contributed by atoms with E-state index in [2.05, 4.69) is 29.0 Å². The predicted octanol–water partition coefficient (Wildman–Crippen LogP) is 1.66. The van der Waals surface area contributed by atoms with Crippen molar-refractivity contribution < 1.29 is 4.74 Å². The SMILES string of the molecule is CCN(CC)c1ncc2c(n1)CCC(CNCCOC)C2. The zero-order valence-electron chi connectivity index (χ0n) is 13.6. The first kappa shape index (κ1) is 16.2. The lowest BCUT2D eigenvalue weighted by molar-refractivity contribution is 0.197. The Kier molecular flexibility index (Phi) is 6.39. The average Bonchev–Trinajstić information content (AvgIpc) is 2.52. The van der Waals surface area contributed by atoms with Gasteiger partial charge in [-0.2, -0.15) is 0 Å². The molecule has 0 saturated carbocycles. The van der Waals surface area contributed by atoms with E-state index in [9.17, 15) is 0 Å². The van der Waals surface area contributed by atoms with Crippen LogP contribution in [0.25, 0.3) is 0 Å². The largest absolute Gasteiger partial charge is 0.383 e. The van der Waals surface area contributed by atoms with Gasteiger partial charge in [0.25, 0.3) is 0 Å². The van der Waals surface area contributed by atoms with Crippen LogP contribution in [-0.2, 0) is 17.6 Å². The van der Waals surface area contributed by atoms with Gasteiger partial charge in [0.05, 0.1) is 6.61 Å². The summed E-state index contributed by atoms with van der Waals surface area (Å²) in [6.45, 7) is 8.97. The molecule has 1 unspecified atom stereocenters. The Balaban J connectivity index is 1.93. The highest BCUT2D eigenvalue weighted by Gasteiger charge is 2.21. The molecule has 0 saturated heterocycles. The molecule has 0 aliphatic heterocycles. The van der Waals surface area contributed by atoms with E-state index in [4.69, 9.17) is 9.72 Å². The zero-order chi connectivity index (χ0) is 15.1. The lowest BCUT2D eigenvalue weighted by Crippen LogP contribution is -2.30. The van der Waals surface area contributed by atoms with Crippen LogP contribution in [0.5, 0.6) is 0 Å². The van der Waals surface area contributed by atoms with E-state index >= 15 is 0 Å². The number of nitrogens with one attached hydrogen (secondary N) is 1. The summed E-state index contributed by atoms with van der Waals surface area (Å²) in [5, 5.41) is 3.46. The second-order valence-electron chi connectivity index (χ2n) is 5.62. The van der Waals surface area contributed by atoms with Crippen LogP contribution in [0.1, 0.15) is 31.5 Å². The number of methoxy groups -OCH3 is 1. The Morgan fingerprint density at radius 2 is 2.19 bits per heavy atom. The molecule has 5 nitrogen and oxygen atoms in total. The van der Waals surface area contributed by atoms with Crippen LogP contribution in [0.4, 0.5) is 5.95 Å². The summed E-state index contributed by atoms with van der Waals surface area (Å²) < 4.78 is 5.06. The summed E-state index contributed by atoms with van der Waals surface area (Å²) in [4.78, 5) is 11.5. The molecule has 1 aliphatic rings. The van der Waals surface area contributed by atoms with Gasteiger partial charge < -0.3 is 15.0 Å². The second kappa shape index (κ2) is 8.29. The highest BCUT2D eigenvalue weighted by molar-refractivity contribution is 5.34. The van der Waals surface area contributed by atoms with E-state index in [-0.39, 0.29) is 0 Å². The molecular formula is C16H28N4O. The maximum absolute atomic E-state index is 5.06. The van der Waals surface area contributed by atoms with Crippen molar-refractivity contribution in [3.8, 4) is 0 Å². The van der Waals surface area contributed by atoms with Gasteiger partial charge in [0, 0.05) is 38.6 Å². The summed E-state index contributed by atoms with van der Waals surface area (Å²) in [6.07, 6.45) is 5.41. The van der Waals surface area contributed by atoms with Crippen LogP contribution in [0, 0.1) is 5.92 Å². The number of nitrogens with zero attached hydrogens (tertiary/aromatic N) is 3. The first-order valence-corrected chi connectivity index (χ1v) is 8.07. The van der Waals surface area contributed by atoms with Gasteiger partial charge in [-0.15, -0.1) is 0 Å². The van der Waals surface area contributed by atoms with Crippen LogP contribution in [0.3, 0.4) is 0 Å². The first-order valence-electron chi connectivity index (χ1n) is 8.07. The maximum atomic E-state index is 5.06. The summed E-state index contributed by atoms with van der Waals surface area (Å²) >= 11 is 0. The monoisotopic (exact) mass is 292 g/mol. The van der Waals surface area contributed by atoms with Crippen LogP contribution >= 0.6 is 0 Å². The third-order valence-corrected chi connectivity index (χ3v) is 4.20. The van der Waals surface area contributed by atoms with Gasteiger partial charge in [0.2, 0.25) is 5.95 Å². The zero-order valence-corrected chi connectivity index (χ0v) is 13.6. The van der Waals surface area contributed by atoms with Gasteiger partial charge in [-0.05, 0) is 51.1 Å². The molecule has 1 aromatic rings. The lowest BCUT2D eigenvalue weighted by Gasteiger charge is -2.26. The van der Waals surface area contributed by atoms with Gasteiger partial charge >= 0.3 is 0 Å². The first-order chi connectivity index (χ1) is 10.3. The summed E-state index contributed by atoms with van der Waals surface area (Å²) in [6, 6.07) is 0. The molecule has 0 radical (unpaired) electrons. The van der Waals surface area contributed by atoms with Crippen molar-refractivity contribution in [3.05, 3.63) is 17.5 Å². The van der Waals surface area contributed by atoms with Crippen molar-refractivity contribution in [1.82, 2.24) is 15.3 Å². The Morgan fingerprint density at radius 1 is 1.38 bits per heavy atom. The number of aryl methyl sites for hydroxylation is 1. The molecule has 0 fully saturated rings. The molecule has 2 rings (SSSR count). The van der Waals surface area contributed by atoms with Crippen molar-refractivity contribution in [3.63, 3.8) is 0 Å². The number of hydrogen-bond acceptors (Lipinski definition) is 5. The molecular weight excluding hydrogens is 264 g/mol. The van der Waals surface area contributed by atoms with E-state index in [1.165, 1.54) is 17.7 Å². The lowest BCUT2D eigenvalue weighted by atomic mass is 9.87. The van der Waals surface area contributed by atoms with Crippen LogP contribution in [0.2, 0.25) is 0 Å². The topological polar surface area (TPSA) is 50.3 Å². The molecule has 0 spiro atoms. The van der Waals surface area contributed by atoms with Crippen LogP contribution in [0.15, 0.2) is 6.20 Å². The van der Waals surface area contributed by atoms with E-state index in [0.29, 0.717) is 5.92 Å². The second-order valence-corrected chi connectivity index (χ2v) is 5.62. The van der Waals surface area contributed by atoms with Crippen molar-refractivity contribution >= 4 is 5.95 Å². The van der Waals surface area contributed by atoms with E-state index < -0.39 is 0 Å². The van der Waals surface area contributed by atoms with Gasteiger partial charge in [-0.1, -0.05) is 0 Å². The van der Waals surface area contributed by atoms with Gasteiger partial charge in [0.1, 0.15) is 0 Å². The Bertz CT molecular complexity index is 434. The molecule has 5 heteroatoms. The van der Waals surface area contributed by atoms with Gasteiger partial charge in [-0.25, -0.2) is 9.97 Å². The molecule has 0 bridgehead atoms. The normalized spacial score (nSPS) is 17.6. The number of fused-ring (bicyclic) bond motifs is 1. The summed E-state index contributed by atoms with van der Waals surface area (Å²) in [5.41, 5.74) is 2.58. The van der Waals surface area contributed by atoms with Gasteiger partial charge in [-0.3, -0.25) is 0 Å². The fourth-order valence-corrected chi connectivity index (χ4v) is 2.89. The standard InChI is InChI=1S/C16H28N4O/c1-4-20(5-2)16-18-12-14-10-13(6-7-15(14)19-16)11-17-8-9-21-3/h12-13,17H,4-11H2,1-3H3. The van der Waals surface area contributed by atoms with Crippen LogP contribution < -0.4 is 10.2 Å². The molecule has 0 amide bonds. The fourth-order valence-electron chi connectivity index (χ4n) is 2.89. The fraction of sp³-hybridized carbons (Fsp3) is 0.750. The van der Waals surface area contributed by atoms with Crippen molar-refractivity contribution in [2.75, 3.05) is 44.8 Å². The summed E-state index contributed by atoms with van der Waals surface area (Å²) in [7, 11) is 1.74. The molecule has 1 aliphatic carbocycles. The van der Waals surface area contributed by atoms with E-state index in [1.807, 2.05) is 6.20 Å². The molecule has 1 heterocycles. The molecule has 1 N–H and O–H groups in total. The Labute approximate surface area is 128 Å². The highest BCUT2D eigenvalue weighted by atomic mass is 16.5. The third kappa shape index (κ3) is 4.38. The van der Waals surface area contributed by atoms with Crippen molar-refractivity contribution in [2.45, 2.75) is 33.1 Å². The Morgan fingerprint density at radius 3 is 2.90 bits per heavy atom. The number of hydrogen-bond donors (Lipinski definition) is 1. The number of anilines is 1. The van der Waals surface area contributed by atoms with E-state index in [0.717, 1.165) is 51.6 Å². The number of ether oxygens (including phenoxy) is 1. The molecule has 1 atom stereocenters. The van der Waals surface area contributed by atoms with Crippen molar-refractivity contribution in [1.29, 1.82) is 0 Å². The highest BCUT2D eigenvalue weighted by Crippen LogP contribution is 2.24. The number of rotatable bonds is 8. The smallest absolute Gasteiger partial charge is 0.225 e. The minimum Gasteiger partial charge on any atom is -0.383 e. The molecule has 1 aromatic heterocycles. The maximum Gasteiger partial charge on any atom is 0.225 e. The minimum atomic E-state index is 0.692. The minimum absolute atomic E-state index is 0.692. The van der Waals surface area contributed by atoms with Crippen LogP contribution in [-0.4, -0.2) is 49.9 Å². The van der Waals surface area contributed by atoms with Crippen molar-refractivity contribution in [2.24, 2.45) is 5.92 Å². The molecule has 21 heavy (non-hydrogen) atoms. The molecule has 0 aromatic carbocycles. The summed E-state index contributed by atoms with van der Waals surface area (Å²) in [5.74, 6) is 1.58. The Hall–Kier alpha value is -1.20. The third-order valence-electron chi connectivity index (χ3n) is 4.20. The van der Waals surface area contributed by atoms with E-state index in [1.54, 1.807) is 7.11 Å². The average molecular weight is 292 g/mol. The van der Waals surface area contributed by atoms with Gasteiger partial charge in [0.15, 0.2) is 0 Å². The predicted molar refractivity (Wildman–Crippen MR) is 85.9 cm³/mol. The number of aromatic nitrogens is 2. The quantitative estimate of drug-likeness (QED) is 0.739. The molecule has 118 valence electrons.